The number of hydrazone groups is 1. The average Bonchev–Trinajstić information content (AvgIpc) is 2.72. The first kappa shape index (κ1) is 23.3. The van der Waals surface area contributed by atoms with Gasteiger partial charge in [-0.05, 0) is 60.2 Å². The van der Waals surface area contributed by atoms with Gasteiger partial charge < -0.3 is 14.2 Å². The fourth-order valence-corrected chi connectivity index (χ4v) is 2.65. The second-order valence-corrected chi connectivity index (χ2v) is 8.03. The van der Waals surface area contributed by atoms with Crippen LogP contribution in [0, 0.1) is 0 Å². The van der Waals surface area contributed by atoms with Crippen LogP contribution in [0.25, 0.3) is 0 Å². The van der Waals surface area contributed by atoms with Crippen molar-refractivity contribution in [1.82, 2.24) is 5.43 Å². The van der Waals surface area contributed by atoms with Crippen molar-refractivity contribution in [3.05, 3.63) is 53.6 Å². The van der Waals surface area contributed by atoms with Gasteiger partial charge in [0.2, 0.25) is 0 Å². The maximum atomic E-state index is 12.3. The molecule has 0 aliphatic carbocycles. The number of benzene rings is 2. The van der Waals surface area contributed by atoms with E-state index in [-0.39, 0.29) is 11.3 Å². The van der Waals surface area contributed by atoms with Crippen LogP contribution in [0.15, 0.2) is 47.6 Å². The molecular weight excluding hydrogens is 380 g/mol. The molecule has 0 aliphatic heterocycles. The van der Waals surface area contributed by atoms with Gasteiger partial charge in [0, 0.05) is 0 Å². The highest BCUT2D eigenvalue weighted by molar-refractivity contribution is 5.84. The zero-order chi connectivity index (χ0) is 22.1. The van der Waals surface area contributed by atoms with Crippen molar-refractivity contribution >= 4 is 12.1 Å². The van der Waals surface area contributed by atoms with Gasteiger partial charge in [0.05, 0.1) is 19.9 Å². The lowest BCUT2D eigenvalue weighted by Gasteiger charge is -2.20. The molecule has 1 N–H and O–H groups in total. The van der Waals surface area contributed by atoms with Crippen LogP contribution in [-0.4, -0.2) is 31.9 Å². The van der Waals surface area contributed by atoms with Crippen LogP contribution in [-0.2, 0) is 10.2 Å². The molecule has 6 nitrogen and oxygen atoms in total. The van der Waals surface area contributed by atoms with Crippen molar-refractivity contribution in [3.8, 4) is 17.2 Å². The van der Waals surface area contributed by atoms with Crippen molar-refractivity contribution in [1.29, 1.82) is 0 Å². The van der Waals surface area contributed by atoms with Crippen LogP contribution in [0.5, 0.6) is 17.2 Å². The van der Waals surface area contributed by atoms with Gasteiger partial charge in [-0.15, -0.1) is 0 Å². The summed E-state index contributed by atoms with van der Waals surface area (Å²) in [7, 11) is 1.59. The van der Waals surface area contributed by atoms with E-state index >= 15 is 0 Å². The molecule has 0 fully saturated rings. The predicted octanol–water partition coefficient (Wildman–Crippen LogP) is 4.70. The molecule has 0 saturated carbocycles. The number of methoxy groups -OCH3 is 1. The third kappa shape index (κ3) is 6.79. The summed E-state index contributed by atoms with van der Waals surface area (Å²) in [5, 5.41) is 4.02. The highest BCUT2D eigenvalue weighted by atomic mass is 16.5. The van der Waals surface area contributed by atoms with E-state index in [0.29, 0.717) is 23.9 Å². The Morgan fingerprint density at radius 3 is 2.43 bits per heavy atom. The van der Waals surface area contributed by atoms with Gasteiger partial charge in [0.25, 0.3) is 5.91 Å². The number of amides is 1. The summed E-state index contributed by atoms with van der Waals surface area (Å²) in [6, 6.07) is 13.3. The van der Waals surface area contributed by atoms with E-state index in [0.717, 1.165) is 12.0 Å². The number of carbonyl (C=O) groups is 1. The maximum absolute atomic E-state index is 12.3. The molecule has 2 aromatic rings. The number of hydrogen-bond donors (Lipinski definition) is 1. The molecule has 162 valence electrons. The minimum absolute atomic E-state index is 0.0687. The molecule has 0 aliphatic rings. The van der Waals surface area contributed by atoms with Crippen molar-refractivity contribution < 1.29 is 19.0 Å². The Bertz CT molecular complexity index is 854. The highest BCUT2D eigenvalue weighted by Gasteiger charge is 2.16. The first-order valence-corrected chi connectivity index (χ1v) is 10.2. The Morgan fingerprint density at radius 2 is 1.83 bits per heavy atom. The maximum Gasteiger partial charge on any atom is 0.280 e. The fraction of sp³-hybridized carbons (Fsp3) is 0.417. The van der Waals surface area contributed by atoms with Gasteiger partial charge >= 0.3 is 0 Å². The van der Waals surface area contributed by atoms with Gasteiger partial charge in [-0.1, -0.05) is 39.8 Å². The van der Waals surface area contributed by atoms with E-state index in [1.54, 1.807) is 26.3 Å². The molecule has 0 aromatic heterocycles. The largest absolute Gasteiger partial charge is 0.493 e. The molecule has 6 heteroatoms. The summed E-state index contributed by atoms with van der Waals surface area (Å²) in [6.07, 6.45) is 1.79. The van der Waals surface area contributed by atoms with Gasteiger partial charge in [-0.3, -0.25) is 4.79 Å². The van der Waals surface area contributed by atoms with Gasteiger partial charge in [-0.2, -0.15) is 5.10 Å². The second-order valence-electron chi connectivity index (χ2n) is 8.03. The molecule has 0 heterocycles. The van der Waals surface area contributed by atoms with Crippen LogP contribution >= 0.6 is 0 Å². The molecule has 0 spiro atoms. The minimum atomic E-state index is -0.679. The fourth-order valence-electron chi connectivity index (χ4n) is 2.65. The Morgan fingerprint density at radius 1 is 1.13 bits per heavy atom. The zero-order valence-corrected chi connectivity index (χ0v) is 18.7. The third-order valence-electron chi connectivity index (χ3n) is 4.44. The van der Waals surface area contributed by atoms with Crippen LogP contribution < -0.4 is 19.6 Å². The zero-order valence-electron chi connectivity index (χ0n) is 18.7. The Hall–Kier alpha value is -3.02. The highest BCUT2D eigenvalue weighted by Crippen LogP contribution is 2.27. The van der Waals surface area contributed by atoms with E-state index in [1.165, 1.54) is 5.56 Å². The smallest absolute Gasteiger partial charge is 0.280 e. The van der Waals surface area contributed by atoms with Crippen LogP contribution in [0.4, 0.5) is 0 Å². The molecule has 0 saturated heterocycles. The lowest BCUT2D eigenvalue weighted by molar-refractivity contribution is -0.127. The SMILES string of the molecule is CCCOc1ccc(/C=N/NC(=O)C(C)Oc2ccc(C(C)(C)C)cc2)cc1OC. The third-order valence-corrected chi connectivity index (χ3v) is 4.44. The monoisotopic (exact) mass is 412 g/mol. The van der Waals surface area contributed by atoms with E-state index in [4.69, 9.17) is 14.2 Å². The molecule has 1 unspecified atom stereocenters. The molecule has 30 heavy (non-hydrogen) atoms. The average molecular weight is 413 g/mol. The summed E-state index contributed by atoms with van der Waals surface area (Å²) in [5.41, 5.74) is 4.56. The molecular formula is C24H32N2O4. The lowest BCUT2D eigenvalue weighted by Crippen LogP contribution is -2.33. The van der Waals surface area contributed by atoms with Crippen LogP contribution in [0.3, 0.4) is 0 Å². The second kappa shape index (κ2) is 10.7. The molecule has 0 bridgehead atoms. The number of carbonyl (C=O) groups excluding carboxylic acids is 1. The van der Waals surface area contributed by atoms with Crippen LogP contribution in [0.1, 0.15) is 52.2 Å². The first-order valence-electron chi connectivity index (χ1n) is 10.2. The minimum Gasteiger partial charge on any atom is -0.493 e. The number of nitrogens with zero attached hydrogens (tertiary/aromatic N) is 1. The van der Waals surface area contributed by atoms with Crippen molar-refractivity contribution in [2.24, 2.45) is 5.10 Å². The van der Waals surface area contributed by atoms with Crippen molar-refractivity contribution in [2.75, 3.05) is 13.7 Å². The Kier molecular flexibility index (Phi) is 8.27. The Balaban J connectivity index is 1.92. The van der Waals surface area contributed by atoms with E-state index in [9.17, 15) is 4.79 Å². The summed E-state index contributed by atoms with van der Waals surface area (Å²) in [4.78, 5) is 12.3. The van der Waals surface area contributed by atoms with Gasteiger partial charge in [0.1, 0.15) is 5.75 Å². The molecule has 0 radical (unpaired) electrons. The summed E-state index contributed by atoms with van der Waals surface area (Å²) < 4.78 is 16.7. The van der Waals surface area contributed by atoms with E-state index < -0.39 is 6.10 Å². The standard InChI is InChI=1S/C24H32N2O4/c1-7-14-29-21-13-8-18(15-22(21)28-6)16-25-26-23(27)17(2)30-20-11-9-19(10-12-20)24(3,4)5/h8-13,15-17H,7,14H2,1-6H3,(H,26,27)/b25-16+. The van der Waals surface area contributed by atoms with Gasteiger partial charge in [0.15, 0.2) is 17.6 Å². The number of nitrogens with one attached hydrogen (secondary N) is 1. The predicted molar refractivity (Wildman–Crippen MR) is 120 cm³/mol. The molecule has 2 aromatic carbocycles. The van der Waals surface area contributed by atoms with E-state index in [2.05, 4.69) is 31.3 Å². The van der Waals surface area contributed by atoms with Gasteiger partial charge in [-0.25, -0.2) is 5.43 Å². The topological polar surface area (TPSA) is 69.2 Å². The lowest BCUT2D eigenvalue weighted by atomic mass is 9.87. The normalized spacial score (nSPS) is 12.5. The number of ether oxygens (including phenoxy) is 3. The molecule has 1 atom stereocenters. The summed E-state index contributed by atoms with van der Waals surface area (Å²) >= 11 is 0. The summed E-state index contributed by atoms with van der Waals surface area (Å²) in [5.74, 6) is 1.61. The first-order chi connectivity index (χ1) is 14.2. The number of rotatable bonds is 9. The van der Waals surface area contributed by atoms with Crippen LogP contribution in [0.2, 0.25) is 0 Å². The van der Waals surface area contributed by atoms with Crippen molar-refractivity contribution in [3.63, 3.8) is 0 Å². The molecule has 2 rings (SSSR count). The number of hydrogen-bond acceptors (Lipinski definition) is 5. The molecule has 1 amide bonds. The Labute approximate surface area is 179 Å². The van der Waals surface area contributed by atoms with E-state index in [1.807, 2.05) is 43.3 Å². The summed E-state index contributed by atoms with van der Waals surface area (Å²) in [6.45, 7) is 10.8. The quantitative estimate of drug-likeness (QED) is 0.479. The van der Waals surface area contributed by atoms with Crippen molar-refractivity contribution in [2.45, 2.75) is 52.6 Å².